The van der Waals surface area contributed by atoms with Gasteiger partial charge < -0.3 is 10.4 Å². The molecule has 1 aromatic carbocycles. The number of aromatic nitrogens is 2. The molecule has 0 bridgehead atoms. The van der Waals surface area contributed by atoms with Gasteiger partial charge in [-0.3, -0.25) is 4.79 Å². The summed E-state index contributed by atoms with van der Waals surface area (Å²) in [4.78, 5) is 12.0. The molecular formula is C13H11N3O2S. The van der Waals surface area contributed by atoms with Crippen LogP contribution in [-0.4, -0.2) is 27.2 Å². The first-order valence-corrected chi connectivity index (χ1v) is 6.27. The van der Waals surface area contributed by atoms with Crippen molar-refractivity contribution >= 4 is 22.4 Å². The second kappa shape index (κ2) is 6.09. The van der Waals surface area contributed by atoms with E-state index in [-0.39, 0.29) is 12.5 Å². The number of hydrogen-bond acceptors (Lipinski definition) is 5. The fraction of sp³-hybridized carbons (Fsp3) is 0.154. The summed E-state index contributed by atoms with van der Waals surface area (Å²) in [6.07, 6.45) is 1.50. The van der Waals surface area contributed by atoms with E-state index in [0.717, 1.165) is 22.7 Å². The zero-order valence-electron chi connectivity index (χ0n) is 10.2. The van der Waals surface area contributed by atoms with Gasteiger partial charge >= 0.3 is 0 Å². The summed E-state index contributed by atoms with van der Waals surface area (Å²) in [5.41, 5.74) is 2.22. The quantitative estimate of drug-likeness (QED) is 0.812. The summed E-state index contributed by atoms with van der Waals surface area (Å²) < 4.78 is 3.67. The molecule has 0 fully saturated rings. The number of aliphatic hydroxyl groups excluding tert-OH is 1. The second-order valence-corrected chi connectivity index (χ2v) is 4.51. The highest BCUT2D eigenvalue weighted by molar-refractivity contribution is 7.10. The lowest BCUT2D eigenvalue weighted by molar-refractivity contribution is 0.102. The third-order valence-corrected chi connectivity index (χ3v) is 2.97. The Balaban J connectivity index is 2.17. The fourth-order valence-electron chi connectivity index (χ4n) is 1.49. The van der Waals surface area contributed by atoms with Crippen LogP contribution in [0.15, 0.2) is 24.4 Å². The monoisotopic (exact) mass is 273 g/mol. The molecule has 0 radical (unpaired) electrons. The lowest BCUT2D eigenvalue weighted by Gasteiger charge is -2.04. The zero-order chi connectivity index (χ0) is 13.7. The second-order valence-electron chi connectivity index (χ2n) is 3.73. The van der Waals surface area contributed by atoms with Gasteiger partial charge in [-0.15, -0.1) is 5.10 Å². The molecule has 0 saturated carbocycles. The molecule has 0 aliphatic rings. The number of rotatable bonds is 2. The fourth-order valence-corrected chi connectivity index (χ4v) is 1.90. The molecule has 1 amide bonds. The Morgan fingerprint density at radius 1 is 1.53 bits per heavy atom. The SMILES string of the molecule is Cc1cc(C(=O)Nc2cnns2)ccc1C#CCO. The molecule has 5 nitrogen and oxygen atoms in total. The summed E-state index contributed by atoms with van der Waals surface area (Å²) in [6, 6.07) is 5.21. The lowest BCUT2D eigenvalue weighted by atomic mass is 10.1. The highest BCUT2D eigenvalue weighted by Gasteiger charge is 2.08. The minimum atomic E-state index is -0.212. The maximum Gasteiger partial charge on any atom is 0.256 e. The molecule has 0 aliphatic heterocycles. The van der Waals surface area contributed by atoms with Gasteiger partial charge in [0.2, 0.25) is 0 Å². The molecule has 19 heavy (non-hydrogen) atoms. The highest BCUT2D eigenvalue weighted by atomic mass is 32.1. The van der Waals surface area contributed by atoms with Crippen molar-refractivity contribution in [2.75, 3.05) is 11.9 Å². The van der Waals surface area contributed by atoms with Gasteiger partial charge in [0.05, 0.1) is 6.20 Å². The summed E-state index contributed by atoms with van der Waals surface area (Å²) in [5, 5.41) is 15.6. The number of anilines is 1. The van der Waals surface area contributed by atoms with Crippen molar-refractivity contribution in [2.24, 2.45) is 0 Å². The van der Waals surface area contributed by atoms with Crippen LogP contribution in [0.1, 0.15) is 21.5 Å². The van der Waals surface area contributed by atoms with Gasteiger partial charge in [0.25, 0.3) is 5.91 Å². The number of aliphatic hydroxyl groups is 1. The Morgan fingerprint density at radius 3 is 3.00 bits per heavy atom. The maximum atomic E-state index is 12.0. The van der Waals surface area contributed by atoms with E-state index in [2.05, 4.69) is 26.7 Å². The topological polar surface area (TPSA) is 75.1 Å². The number of hydrogen-bond donors (Lipinski definition) is 2. The Kier molecular flexibility index (Phi) is 4.23. The number of aryl methyl sites for hydroxylation is 1. The van der Waals surface area contributed by atoms with E-state index in [0.29, 0.717) is 10.6 Å². The molecule has 2 rings (SSSR count). The molecule has 0 atom stereocenters. The van der Waals surface area contributed by atoms with Crippen molar-refractivity contribution in [2.45, 2.75) is 6.92 Å². The molecular weight excluding hydrogens is 262 g/mol. The standard InChI is InChI=1S/C13H11N3O2S/c1-9-7-11(5-4-10(9)3-2-6-17)13(18)15-12-8-14-16-19-12/h4-5,7-8,17H,6H2,1H3,(H,15,18). The van der Waals surface area contributed by atoms with E-state index in [1.54, 1.807) is 18.2 Å². The molecule has 1 aromatic heterocycles. The summed E-state index contributed by atoms with van der Waals surface area (Å²) in [7, 11) is 0. The molecule has 2 N–H and O–H groups in total. The van der Waals surface area contributed by atoms with Crippen LogP contribution in [0.2, 0.25) is 0 Å². The first-order valence-electron chi connectivity index (χ1n) is 5.50. The lowest BCUT2D eigenvalue weighted by Crippen LogP contribution is -2.11. The van der Waals surface area contributed by atoms with Gasteiger partial charge in [0, 0.05) is 22.7 Å². The highest BCUT2D eigenvalue weighted by Crippen LogP contribution is 2.14. The Labute approximate surface area is 114 Å². The third-order valence-electron chi connectivity index (χ3n) is 2.39. The predicted octanol–water partition coefficient (Wildman–Crippen LogP) is 1.44. The molecule has 96 valence electrons. The van der Waals surface area contributed by atoms with E-state index in [4.69, 9.17) is 5.11 Å². The van der Waals surface area contributed by atoms with Gasteiger partial charge in [-0.05, 0) is 30.7 Å². The van der Waals surface area contributed by atoms with Crippen LogP contribution in [-0.2, 0) is 0 Å². The van der Waals surface area contributed by atoms with E-state index in [9.17, 15) is 4.79 Å². The number of nitrogens with one attached hydrogen (secondary N) is 1. The van der Waals surface area contributed by atoms with Crippen LogP contribution in [0.4, 0.5) is 5.00 Å². The Hall–Kier alpha value is -2.23. The van der Waals surface area contributed by atoms with Crippen molar-refractivity contribution in [1.82, 2.24) is 9.59 Å². The van der Waals surface area contributed by atoms with Crippen LogP contribution < -0.4 is 5.32 Å². The first-order chi connectivity index (χ1) is 9.20. The van der Waals surface area contributed by atoms with Gasteiger partial charge in [-0.25, -0.2) is 0 Å². The Morgan fingerprint density at radius 2 is 2.37 bits per heavy atom. The number of amides is 1. The van der Waals surface area contributed by atoms with E-state index >= 15 is 0 Å². The van der Waals surface area contributed by atoms with Gasteiger partial charge in [-0.2, -0.15) is 0 Å². The zero-order valence-corrected chi connectivity index (χ0v) is 11.0. The van der Waals surface area contributed by atoms with Crippen molar-refractivity contribution < 1.29 is 9.90 Å². The first kappa shape index (κ1) is 13.2. The van der Waals surface area contributed by atoms with Gasteiger partial charge in [-0.1, -0.05) is 16.3 Å². The summed E-state index contributed by atoms with van der Waals surface area (Å²) >= 11 is 1.12. The smallest absolute Gasteiger partial charge is 0.256 e. The van der Waals surface area contributed by atoms with Gasteiger partial charge in [0.1, 0.15) is 11.6 Å². The van der Waals surface area contributed by atoms with Crippen LogP contribution in [0.25, 0.3) is 0 Å². The number of benzene rings is 1. The van der Waals surface area contributed by atoms with Crippen LogP contribution in [0.5, 0.6) is 0 Å². The minimum Gasteiger partial charge on any atom is -0.384 e. The summed E-state index contributed by atoms with van der Waals surface area (Å²) in [5.74, 6) is 5.19. The van der Waals surface area contributed by atoms with E-state index in [1.807, 2.05) is 6.92 Å². The van der Waals surface area contributed by atoms with Gasteiger partial charge in [0.15, 0.2) is 0 Å². The number of carbonyl (C=O) groups excluding carboxylic acids is 1. The molecule has 6 heteroatoms. The molecule has 0 unspecified atom stereocenters. The molecule has 2 aromatic rings. The van der Waals surface area contributed by atoms with Crippen molar-refractivity contribution in [3.05, 3.63) is 41.1 Å². The maximum absolute atomic E-state index is 12.0. The normalized spacial score (nSPS) is 9.58. The van der Waals surface area contributed by atoms with Crippen LogP contribution in [0.3, 0.4) is 0 Å². The van der Waals surface area contributed by atoms with E-state index < -0.39 is 0 Å². The number of carbonyl (C=O) groups is 1. The average Bonchev–Trinajstić information content (AvgIpc) is 2.90. The molecule has 0 aliphatic carbocycles. The van der Waals surface area contributed by atoms with Crippen molar-refractivity contribution in [3.63, 3.8) is 0 Å². The van der Waals surface area contributed by atoms with E-state index in [1.165, 1.54) is 6.20 Å². The average molecular weight is 273 g/mol. The Bertz CT molecular complexity index is 642. The summed E-state index contributed by atoms with van der Waals surface area (Å²) in [6.45, 7) is 1.69. The minimum absolute atomic E-state index is 0.181. The van der Waals surface area contributed by atoms with Crippen molar-refractivity contribution in [3.8, 4) is 11.8 Å². The van der Waals surface area contributed by atoms with Crippen LogP contribution >= 0.6 is 11.5 Å². The molecule has 1 heterocycles. The third kappa shape index (κ3) is 3.37. The molecule has 0 saturated heterocycles. The predicted molar refractivity (Wildman–Crippen MR) is 73.0 cm³/mol. The largest absolute Gasteiger partial charge is 0.384 e. The number of nitrogens with zero attached hydrogens (tertiary/aromatic N) is 2. The van der Waals surface area contributed by atoms with Crippen LogP contribution in [0, 0.1) is 18.8 Å². The van der Waals surface area contributed by atoms with Crippen molar-refractivity contribution in [1.29, 1.82) is 0 Å². The molecule has 0 spiro atoms.